The molecule has 0 aliphatic rings. The second-order valence-electron chi connectivity index (χ2n) is 4.14. The van der Waals surface area contributed by atoms with Gasteiger partial charge in [0.25, 0.3) is 0 Å². The van der Waals surface area contributed by atoms with Gasteiger partial charge in [0.05, 0.1) is 0 Å². The molecule has 0 N–H and O–H groups in total. The van der Waals surface area contributed by atoms with E-state index < -0.39 is 0 Å². The minimum absolute atomic E-state index is 0.181. The Morgan fingerprint density at radius 2 is 1.65 bits per heavy atom. The fraction of sp³-hybridized carbons (Fsp3) is 0.267. The molecule has 2 heteroatoms. The van der Waals surface area contributed by atoms with Crippen molar-refractivity contribution in [3.63, 3.8) is 0 Å². The van der Waals surface area contributed by atoms with Gasteiger partial charge in [-0.05, 0) is 48.6 Å². The molecule has 0 unspecified atom stereocenters. The number of benzene rings is 1. The quantitative estimate of drug-likeness (QED) is 0.781. The van der Waals surface area contributed by atoms with Gasteiger partial charge in [-0.1, -0.05) is 25.1 Å². The Kier molecular flexibility index (Phi) is 3.86. The van der Waals surface area contributed by atoms with Crippen LogP contribution in [-0.2, 0) is 19.3 Å². The molecule has 0 bridgehead atoms. The summed E-state index contributed by atoms with van der Waals surface area (Å²) in [6.45, 7) is 2.12. The molecule has 17 heavy (non-hydrogen) atoms. The lowest BCUT2D eigenvalue weighted by Crippen LogP contribution is -1.95. The van der Waals surface area contributed by atoms with Crippen molar-refractivity contribution >= 4 is 0 Å². The summed E-state index contributed by atoms with van der Waals surface area (Å²) in [7, 11) is 0. The van der Waals surface area contributed by atoms with Crippen molar-refractivity contribution in [2.75, 3.05) is 0 Å². The first-order valence-corrected chi connectivity index (χ1v) is 5.96. The molecular formula is C15H16FN. The monoisotopic (exact) mass is 229 g/mol. The Bertz CT molecular complexity index is 459. The van der Waals surface area contributed by atoms with E-state index in [1.54, 1.807) is 0 Å². The van der Waals surface area contributed by atoms with Gasteiger partial charge in [0.1, 0.15) is 5.82 Å². The molecule has 1 heterocycles. The Morgan fingerprint density at radius 1 is 0.941 bits per heavy atom. The first-order valence-electron chi connectivity index (χ1n) is 5.96. The zero-order valence-electron chi connectivity index (χ0n) is 9.99. The van der Waals surface area contributed by atoms with Gasteiger partial charge in [-0.15, -0.1) is 0 Å². The second kappa shape index (κ2) is 5.58. The number of rotatable bonds is 4. The van der Waals surface area contributed by atoms with Crippen LogP contribution in [0, 0.1) is 5.82 Å². The third-order valence-corrected chi connectivity index (χ3v) is 2.88. The van der Waals surface area contributed by atoms with E-state index in [4.69, 9.17) is 0 Å². The van der Waals surface area contributed by atoms with E-state index in [-0.39, 0.29) is 5.82 Å². The molecule has 0 radical (unpaired) electrons. The predicted molar refractivity (Wildman–Crippen MR) is 67.4 cm³/mol. The van der Waals surface area contributed by atoms with Crippen LogP contribution in [0.1, 0.15) is 23.7 Å². The molecule has 0 saturated heterocycles. The average Bonchev–Trinajstić information content (AvgIpc) is 2.39. The number of aryl methyl sites for hydroxylation is 3. The molecule has 0 fully saturated rings. The highest BCUT2D eigenvalue weighted by molar-refractivity contribution is 5.19. The van der Waals surface area contributed by atoms with Crippen LogP contribution in [0.2, 0.25) is 0 Å². The molecule has 1 aromatic heterocycles. The van der Waals surface area contributed by atoms with Crippen LogP contribution in [0.25, 0.3) is 0 Å². The Balaban J connectivity index is 1.95. The highest BCUT2D eigenvalue weighted by Crippen LogP contribution is 2.08. The molecule has 88 valence electrons. The summed E-state index contributed by atoms with van der Waals surface area (Å²) in [6, 6.07) is 10.9. The summed E-state index contributed by atoms with van der Waals surface area (Å²) in [5.74, 6) is -0.181. The van der Waals surface area contributed by atoms with Crippen LogP contribution < -0.4 is 0 Å². The predicted octanol–water partition coefficient (Wildman–Crippen LogP) is 3.57. The summed E-state index contributed by atoms with van der Waals surface area (Å²) in [5.41, 5.74) is 3.50. The minimum Gasteiger partial charge on any atom is -0.261 e. The molecule has 0 spiro atoms. The van der Waals surface area contributed by atoms with Crippen LogP contribution >= 0.6 is 0 Å². The van der Waals surface area contributed by atoms with Crippen molar-refractivity contribution in [1.82, 2.24) is 4.98 Å². The van der Waals surface area contributed by atoms with Crippen molar-refractivity contribution < 1.29 is 4.39 Å². The number of nitrogens with zero attached hydrogens (tertiary/aromatic N) is 1. The highest BCUT2D eigenvalue weighted by Gasteiger charge is 1.98. The maximum absolute atomic E-state index is 12.7. The Hall–Kier alpha value is -1.70. The lowest BCUT2D eigenvalue weighted by Gasteiger charge is -2.02. The van der Waals surface area contributed by atoms with Crippen LogP contribution in [0.4, 0.5) is 4.39 Å². The molecule has 2 rings (SSSR count). The van der Waals surface area contributed by atoms with Crippen LogP contribution in [0.15, 0.2) is 42.6 Å². The zero-order valence-corrected chi connectivity index (χ0v) is 9.99. The fourth-order valence-corrected chi connectivity index (χ4v) is 1.74. The highest BCUT2D eigenvalue weighted by atomic mass is 19.1. The van der Waals surface area contributed by atoms with Crippen molar-refractivity contribution in [2.45, 2.75) is 26.2 Å². The molecule has 1 aromatic carbocycles. The number of hydrogen-bond acceptors (Lipinski definition) is 1. The van der Waals surface area contributed by atoms with Gasteiger partial charge in [-0.25, -0.2) is 4.39 Å². The fourth-order valence-electron chi connectivity index (χ4n) is 1.74. The van der Waals surface area contributed by atoms with E-state index in [0.717, 1.165) is 30.5 Å². The van der Waals surface area contributed by atoms with Crippen LogP contribution in [-0.4, -0.2) is 4.98 Å². The summed E-state index contributed by atoms with van der Waals surface area (Å²) >= 11 is 0. The summed E-state index contributed by atoms with van der Waals surface area (Å²) in [4.78, 5) is 4.41. The van der Waals surface area contributed by atoms with Crippen LogP contribution in [0.5, 0.6) is 0 Å². The van der Waals surface area contributed by atoms with Crippen LogP contribution in [0.3, 0.4) is 0 Å². The van der Waals surface area contributed by atoms with Gasteiger partial charge in [0, 0.05) is 11.9 Å². The molecule has 1 nitrogen and oxygen atoms in total. The first kappa shape index (κ1) is 11.8. The third kappa shape index (κ3) is 3.38. The first-order chi connectivity index (χ1) is 8.28. The van der Waals surface area contributed by atoms with E-state index >= 15 is 0 Å². The average molecular weight is 229 g/mol. The number of halogens is 1. The Morgan fingerprint density at radius 3 is 2.24 bits per heavy atom. The largest absolute Gasteiger partial charge is 0.261 e. The van der Waals surface area contributed by atoms with Gasteiger partial charge in [0.2, 0.25) is 0 Å². The standard InChI is InChI=1S/C15H16FN/c1-2-12-5-9-15(17-11-12)10-6-13-3-7-14(16)8-4-13/h3-5,7-9,11H,2,6,10H2,1H3. The maximum atomic E-state index is 12.7. The van der Waals surface area contributed by atoms with E-state index in [2.05, 4.69) is 24.0 Å². The lowest BCUT2D eigenvalue weighted by atomic mass is 10.1. The van der Waals surface area contributed by atoms with E-state index in [1.165, 1.54) is 17.7 Å². The second-order valence-corrected chi connectivity index (χ2v) is 4.14. The van der Waals surface area contributed by atoms with Crippen molar-refractivity contribution in [3.05, 3.63) is 65.2 Å². The minimum atomic E-state index is -0.181. The molecule has 2 aromatic rings. The number of pyridine rings is 1. The molecular weight excluding hydrogens is 213 g/mol. The van der Waals surface area contributed by atoms with E-state index in [0.29, 0.717) is 0 Å². The molecule has 0 aliphatic carbocycles. The lowest BCUT2D eigenvalue weighted by molar-refractivity contribution is 0.627. The Labute approximate surface area is 101 Å². The van der Waals surface area contributed by atoms with E-state index in [1.807, 2.05) is 18.3 Å². The molecule has 0 atom stereocenters. The van der Waals surface area contributed by atoms with Gasteiger partial charge in [0.15, 0.2) is 0 Å². The zero-order chi connectivity index (χ0) is 12.1. The molecule has 0 aliphatic heterocycles. The summed E-state index contributed by atoms with van der Waals surface area (Å²) in [6.07, 6.45) is 4.75. The summed E-state index contributed by atoms with van der Waals surface area (Å²) in [5, 5.41) is 0. The van der Waals surface area contributed by atoms with Gasteiger partial charge in [-0.3, -0.25) is 4.98 Å². The summed E-state index contributed by atoms with van der Waals surface area (Å²) < 4.78 is 12.7. The molecule has 0 saturated carbocycles. The van der Waals surface area contributed by atoms with Crippen molar-refractivity contribution in [2.24, 2.45) is 0 Å². The number of aromatic nitrogens is 1. The van der Waals surface area contributed by atoms with Crippen molar-refractivity contribution in [1.29, 1.82) is 0 Å². The topological polar surface area (TPSA) is 12.9 Å². The number of hydrogen-bond donors (Lipinski definition) is 0. The van der Waals surface area contributed by atoms with E-state index in [9.17, 15) is 4.39 Å². The third-order valence-electron chi connectivity index (χ3n) is 2.88. The van der Waals surface area contributed by atoms with Crippen molar-refractivity contribution in [3.8, 4) is 0 Å². The maximum Gasteiger partial charge on any atom is 0.123 e. The van der Waals surface area contributed by atoms with Gasteiger partial charge in [-0.2, -0.15) is 0 Å². The molecule has 0 amide bonds. The normalized spacial score (nSPS) is 10.5. The SMILES string of the molecule is CCc1ccc(CCc2ccc(F)cc2)nc1. The van der Waals surface area contributed by atoms with Gasteiger partial charge < -0.3 is 0 Å². The van der Waals surface area contributed by atoms with Gasteiger partial charge >= 0.3 is 0 Å². The smallest absolute Gasteiger partial charge is 0.123 e.